The van der Waals surface area contributed by atoms with Gasteiger partial charge in [0.1, 0.15) is 11.0 Å². The number of fused-ring (bicyclic) bond motifs is 1. The third-order valence-corrected chi connectivity index (χ3v) is 3.67. The van der Waals surface area contributed by atoms with E-state index in [0.717, 1.165) is 10.1 Å². The fourth-order valence-corrected chi connectivity index (χ4v) is 2.49. The number of halogens is 1. The van der Waals surface area contributed by atoms with Gasteiger partial charge in [0.25, 0.3) is 5.56 Å². The number of aromatic nitrogens is 5. The maximum atomic E-state index is 12.3. The molecule has 0 unspecified atom stereocenters. The molecular weight excluding hydrogens is 294 g/mol. The predicted octanol–water partition coefficient (Wildman–Crippen LogP) is 0.686. The van der Waals surface area contributed by atoms with Gasteiger partial charge in [0.05, 0.1) is 0 Å². The Balaban J connectivity index is 2.46. The zero-order valence-electron chi connectivity index (χ0n) is 11.7. The SMILES string of the molecule is Cn1c(=O)c2c(nc(-c3ccnc(Cl)c3)n2C)n(C)c1=O. The van der Waals surface area contributed by atoms with Crippen molar-refractivity contribution in [2.24, 2.45) is 21.1 Å². The van der Waals surface area contributed by atoms with Gasteiger partial charge in [-0.05, 0) is 12.1 Å². The lowest BCUT2D eigenvalue weighted by Gasteiger charge is -2.03. The highest BCUT2D eigenvalue weighted by Crippen LogP contribution is 2.22. The quantitative estimate of drug-likeness (QED) is 0.620. The van der Waals surface area contributed by atoms with E-state index in [2.05, 4.69) is 9.97 Å². The maximum Gasteiger partial charge on any atom is 0.332 e. The second-order valence-electron chi connectivity index (χ2n) is 4.74. The van der Waals surface area contributed by atoms with Gasteiger partial charge in [-0.1, -0.05) is 11.6 Å². The number of hydrogen-bond acceptors (Lipinski definition) is 4. The Morgan fingerprint density at radius 2 is 1.81 bits per heavy atom. The first-order chi connectivity index (χ1) is 9.91. The van der Waals surface area contributed by atoms with Crippen LogP contribution in [0.15, 0.2) is 27.9 Å². The van der Waals surface area contributed by atoms with Crippen LogP contribution in [0.1, 0.15) is 0 Å². The van der Waals surface area contributed by atoms with Crippen LogP contribution in [0.5, 0.6) is 0 Å². The molecule has 0 aromatic carbocycles. The highest BCUT2D eigenvalue weighted by atomic mass is 35.5. The molecule has 0 spiro atoms. The van der Waals surface area contributed by atoms with Gasteiger partial charge in [0, 0.05) is 32.9 Å². The lowest BCUT2D eigenvalue weighted by Crippen LogP contribution is -2.37. The van der Waals surface area contributed by atoms with Crippen LogP contribution in [-0.4, -0.2) is 23.7 Å². The number of nitrogens with zero attached hydrogens (tertiary/aromatic N) is 5. The number of aryl methyl sites for hydroxylation is 2. The van der Waals surface area contributed by atoms with Crippen LogP contribution in [0.2, 0.25) is 5.15 Å². The highest BCUT2D eigenvalue weighted by molar-refractivity contribution is 6.29. The second-order valence-corrected chi connectivity index (χ2v) is 5.13. The fourth-order valence-electron chi connectivity index (χ4n) is 2.32. The molecule has 3 aromatic heterocycles. The van der Waals surface area contributed by atoms with Crippen LogP contribution in [0.3, 0.4) is 0 Å². The zero-order chi connectivity index (χ0) is 15.3. The van der Waals surface area contributed by atoms with Gasteiger partial charge in [0.15, 0.2) is 11.2 Å². The van der Waals surface area contributed by atoms with Gasteiger partial charge in [-0.3, -0.25) is 13.9 Å². The van der Waals surface area contributed by atoms with Crippen molar-refractivity contribution in [1.82, 2.24) is 23.7 Å². The van der Waals surface area contributed by atoms with E-state index in [-0.39, 0.29) is 5.56 Å². The molecule has 21 heavy (non-hydrogen) atoms. The largest absolute Gasteiger partial charge is 0.332 e. The van der Waals surface area contributed by atoms with Gasteiger partial charge in [-0.25, -0.2) is 14.8 Å². The van der Waals surface area contributed by atoms with Crippen LogP contribution >= 0.6 is 11.6 Å². The van der Waals surface area contributed by atoms with Crippen molar-refractivity contribution >= 4 is 22.8 Å². The number of hydrogen-bond donors (Lipinski definition) is 0. The van der Waals surface area contributed by atoms with Crippen molar-refractivity contribution in [3.63, 3.8) is 0 Å². The van der Waals surface area contributed by atoms with Gasteiger partial charge >= 0.3 is 5.69 Å². The molecule has 0 N–H and O–H groups in total. The van der Waals surface area contributed by atoms with Crippen LogP contribution < -0.4 is 11.2 Å². The lowest BCUT2D eigenvalue weighted by molar-refractivity contribution is 0.705. The molecule has 3 rings (SSSR count). The Kier molecular flexibility index (Phi) is 2.94. The third-order valence-electron chi connectivity index (χ3n) is 3.46. The maximum absolute atomic E-state index is 12.3. The van der Waals surface area contributed by atoms with Gasteiger partial charge in [-0.15, -0.1) is 0 Å². The van der Waals surface area contributed by atoms with Crippen LogP contribution in [0.25, 0.3) is 22.6 Å². The van der Waals surface area contributed by atoms with E-state index in [0.29, 0.717) is 22.1 Å². The molecule has 7 nitrogen and oxygen atoms in total. The smallest absolute Gasteiger partial charge is 0.321 e. The van der Waals surface area contributed by atoms with E-state index in [9.17, 15) is 9.59 Å². The standard InChI is InChI=1S/C13H12ClN5O2/c1-17-9-11(18(2)13(21)19(3)12(9)20)16-10(17)7-4-5-15-8(14)6-7/h4-6H,1-3H3. The topological polar surface area (TPSA) is 74.7 Å². The van der Waals surface area contributed by atoms with E-state index in [1.54, 1.807) is 37.0 Å². The molecule has 0 atom stereocenters. The summed E-state index contributed by atoms with van der Waals surface area (Å²) >= 11 is 5.89. The number of rotatable bonds is 1. The van der Waals surface area contributed by atoms with Gasteiger partial charge in [0.2, 0.25) is 0 Å². The summed E-state index contributed by atoms with van der Waals surface area (Å²) in [6.07, 6.45) is 1.56. The van der Waals surface area contributed by atoms with Crippen LogP contribution in [-0.2, 0) is 21.1 Å². The van der Waals surface area contributed by atoms with Crippen molar-refractivity contribution in [2.45, 2.75) is 0 Å². The highest BCUT2D eigenvalue weighted by Gasteiger charge is 2.17. The van der Waals surface area contributed by atoms with E-state index in [1.807, 2.05) is 0 Å². The Labute approximate surface area is 124 Å². The predicted molar refractivity (Wildman–Crippen MR) is 79.4 cm³/mol. The van der Waals surface area contributed by atoms with Gasteiger partial charge < -0.3 is 4.57 Å². The Hall–Kier alpha value is -2.41. The van der Waals surface area contributed by atoms with Crippen molar-refractivity contribution < 1.29 is 0 Å². The number of imidazole rings is 1. The molecule has 3 aromatic rings. The minimum Gasteiger partial charge on any atom is -0.321 e. The van der Waals surface area contributed by atoms with Crippen molar-refractivity contribution in [3.05, 3.63) is 44.3 Å². The molecule has 0 aliphatic carbocycles. The molecule has 8 heteroatoms. The minimum absolute atomic E-state index is 0.335. The molecule has 0 saturated carbocycles. The first kappa shape index (κ1) is 13.6. The monoisotopic (exact) mass is 305 g/mol. The zero-order valence-corrected chi connectivity index (χ0v) is 12.4. The van der Waals surface area contributed by atoms with Gasteiger partial charge in [-0.2, -0.15) is 0 Å². The van der Waals surface area contributed by atoms with E-state index in [1.165, 1.54) is 11.6 Å². The summed E-state index contributed by atoms with van der Waals surface area (Å²) in [5.41, 5.74) is 0.638. The van der Waals surface area contributed by atoms with Crippen molar-refractivity contribution in [3.8, 4) is 11.4 Å². The summed E-state index contributed by atoms with van der Waals surface area (Å²) in [6.45, 7) is 0. The third kappa shape index (κ3) is 1.89. The second kappa shape index (κ2) is 4.56. The molecule has 0 fully saturated rings. The fraction of sp³-hybridized carbons (Fsp3) is 0.231. The molecule has 108 valence electrons. The van der Waals surface area contributed by atoms with Crippen molar-refractivity contribution in [1.29, 1.82) is 0 Å². The summed E-state index contributed by atoms with van der Waals surface area (Å²) in [6, 6.07) is 3.40. The lowest BCUT2D eigenvalue weighted by atomic mass is 10.2. The van der Waals surface area contributed by atoms with Crippen LogP contribution in [0, 0.1) is 0 Å². The molecular formula is C13H12ClN5O2. The normalized spacial score (nSPS) is 11.2. The molecule has 0 bridgehead atoms. The van der Waals surface area contributed by atoms with Crippen molar-refractivity contribution in [2.75, 3.05) is 0 Å². The first-order valence-corrected chi connectivity index (χ1v) is 6.54. The summed E-state index contributed by atoms with van der Waals surface area (Å²) < 4.78 is 4.07. The summed E-state index contributed by atoms with van der Waals surface area (Å²) in [5, 5.41) is 0.335. The summed E-state index contributed by atoms with van der Waals surface area (Å²) in [5.74, 6) is 0.549. The Bertz CT molecular complexity index is 983. The summed E-state index contributed by atoms with van der Waals surface area (Å²) in [4.78, 5) is 32.6. The average Bonchev–Trinajstić information content (AvgIpc) is 2.81. The van der Waals surface area contributed by atoms with Crippen LogP contribution in [0.4, 0.5) is 0 Å². The number of pyridine rings is 1. The molecule has 0 radical (unpaired) electrons. The van der Waals surface area contributed by atoms with E-state index >= 15 is 0 Å². The van der Waals surface area contributed by atoms with E-state index in [4.69, 9.17) is 11.6 Å². The molecule has 0 aliphatic rings. The summed E-state index contributed by atoms with van der Waals surface area (Å²) in [7, 11) is 4.76. The van der Waals surface area contributed by atoms with E-state index < -0.39 is 5.69 Å². The minimum atomic E-state index is -0.412. The molecule has 0 saturated heterocycles. The first-order valence-electron chi connectivity index (χ1n) is 6.16. The average molecular weight is 306 g/mol. The molecule has 0 amide bonds. The molecule has 3 heterocycles. The molecule has 0 aliphatic heterocycles. The Morgan fingerprint density at radius 3 is 2.48 bits per heavy atom. The Morgan fingerprint density at radius 1 is 1.10 bits per heavy atom.